The van der Waals surface area contributed by atoms with Gasteiger partial charge in [0.1, 0.15) is 11.0 Å². The Morgan fingerprint density at radius 2 is 2.06 bits per heavy atom. The van der Waals surface area contributed by atoms with E-state index in [2.05, 4.69) is 25.7 Å². The van der Waals surface area contributed by atoms with Crippen molar-refractivity contribution >= 4 is 28.4 Å². The molecule has 10 heteroatoms. The largest absolute Gasteiger partial charge is 0.479 e. The van der Waals surface area contributed by atoms with Crippen LogP contribution in [0, 0.1) is 5.41 Å². The van der Waals surface area contributed by atoms with Crippen molar-refractivity contribution in [2.24, 2.45) is 12.5 Å². The minimum Gasteiger partial charge on any atom is -0.479 e. The second-order valence-electron chi connectivity index (χ2n) is 8.89. The summed E-state index contributed by atoms with van der Waals surface area (Å²) in [6, 6.07) is 8.15. The number of ether oxygens (including phenoxy) is 1. The Labute approximate surface area is 185 Å². The van der Waals surface area contributed by atoms with Crippen LogP contribution in [0.25, 0.3) is 27.7 Å². The molecular formula is C22H26N8O2. The summed E-state index contributed by atoms with van der Waals surface area (Å²) in [5.74, 6) is 1.12. The van der Waals surface area contributed by atoms with E-state index in [1.165, 1.54) is 0 Å². The molecule has 5 rings (SSSR count). The van der Waals surface area contributed by atoms with Crippen molar-refractivity contribution in [1.29, 1.82) is 0 Å². The lowest BCUT2D eigenvalue weighted by Gasteiger charge is -2.45. The first-order valence-electron chi connectivity index (χ1n) is 10.5. The average Bonchev–Trinajstić information content (AvgIpc) is 3.34. The van der Waals surface area contributed by atoms with Gasteiger partial charge in [-0.25, -0.2) is 9.20 Å². The molecule has 1 fully saturated rings. The predicted molar refractivity (Wildman–Crippen MR) is 120 cm³/mol. The molecule has 0 saturated heterocycles. The zero-order valence-electron chi connectivity index (χ0n) is 18.8. The third kappa shape index (κ3) is 3.14. The van der Waals surface area contributed by atoms with Gasteiger partial charge in [0.25, 0.3) is 0 Å². The summed E-state index contributed by atoms with van der Waals surface area (Å²) in [5.41, 5.74) is 4.20. The fourth-order valence-electron chi connectivity index (χ4n) is 4.65. The maximum Gasteiger partial charge on any atom is 0.244 e. The third-order valence-electron chi connectivity index (χ3n) is 6.24. The molecule has 3 heterocycles. The second kappa shape index (κ2) is 7.18. The van der Waals surface area contributed by atoms with Gasteiger partial charge in [-0.05, 0) is 36.6 Å². The third-order valence-corrected chi connectivity index (χ3v) is 6.24. The molecule has 0 spiro atoms. The minimum atomic E-state index is -0.338. The Bertz CT molecular complexity index is 1330. The first-order chi connectivity index (χ1) is 15.3. The highest BCUT2D eigenvalue weighted by molar-refractivity contribution is 5.89. The smallest absolute Gasteiger partial charge is 0.244 e. The number of fused-ring (bicyclic) bond motifs is 2. The summed E-state index contributed by atoms with van der Waals surface area (Å²) >= 11 is 0. The molecule has 3 aromatic heterocycles. The maximum absolute atomic E-state index is 12.4. The van der Waals surface area contributed by atoms with Crippen LogP contribution in [0.2, 0.25) is 0 Å². The molecule has 0 radical (unpaired) electrons. The zero-order valence-corrected chi connectivity index (χ0v) is 18.8. The van der Waals surface area contributed by atoms with Crippen molar-refractivity contribution < 1.29 is 9.53 Å². The van der Waals surface area contributed by atoms with Crippen molar-refractivity contribution in [2.75, 3.05) is 26.5 Å². The van der Waals surface area contributed by atoms with E-state index in [0.29, 0.717) is 11.8 Å². The van der Waals surface area contributed by atoms with Crippen molar-refractivity contribution in [2.45, 2.75) is 25.8 Å². The first-order valence-corrected chi connectivity index (χ1v) is 10.5. The van der Waals surface area contributed by atoms with Gasteiger partial charge in [-0.1, -0.05) is 18.2 Å². The molecule has 1 aliphatic rings. The highest BCUT2D eigenvalue weighted by Gasteiger charge is 2.47. The summed E-state index contributed by atoms with van der Waals surface area (Å²) in [6.45, 7) is 2.00. The molecule has 166 valence electrons. The number of hydrogen-bond donors (Lipinski definition) is 1. The van der Waals surface area contributed by atoms with Crippen LogP contribution in [-0.2, 0) is 11.8 Å². The van der Waals surface area contributed by atoms with E-state index in [1.807, 2.05) is 44.4 Å². The lowest BCUT2D eigenvalue weighted by atomic mass is 9.66. The lowest BCUT2D eigenvalue weighted by molar-refractivity contribution is -0.143. The van der Waals surface area contributed by atoms with Crippen LogP contribution < -0.4 is 10.1 Å². The molecule has 0 atom stereocenters. The average molecular weight is 435 g/mol. The van der Waals surface area contributed by atoms with Crippen molar-refractivity contribution in [3.8, 4) is 17.0 Å². The molecule has 10 nitrogen and oxygen atoms in total. The normalized spacial score (nSPS) is 20.3. The van der Waals surface area contributed by atoms with Crippen LogP contribution in [-0.4, -0.2) is 67.6 Å². The second-order valence-corrected chi connectivity index (χ2v) is 8.89. The van der Waals surface area contributed by atoms with Gasteiger partial charge in [0.05, 0.1) is 18.0 Å². The number of rotatable bonds is 5. The Hall–Kier alpha value is -3.69. The topological polar surface area (TPSA) is 102 Å². The summed E-state index contributed by atoms with van der Waals surface area (Å²) in [7, 11) is 7.06. The van der Waals surface area contributed by atoms with Gasteiger partial charge in [0, 0.05) is 38.9 Å². The molecule has 0 bridgehead atoms. The Morgan fingerprint density at radius 3 is 2.78 bits per heavy atom. The van der Waals surface area contributed by atoms with Gasteiger partial charge >= 0.3 is 0 Å². The fourth-order valence-corrected chi connectivity index (χ4v) is 4.65. The molecule has 1 N–H and O–H groups in total. The number of carbonyl (C=O) groups excluding carboxylic acids is 1. The number of anilines is 1. The van der Waals surface area contributed by atoms with E-state index in [1.54, 1.807) is 35.3 Å². The summed E-state index contributed by atoms with van der Waals surface area (Å²) in [4.78, 5) is 18.6. The van der Waals surface area contributed by atoms with Crippen molar-refractivity contribution in [3.63, 3.8) is 0 Å². The van der Waals surface area contributed by atoms with Gasteiger partial charge < -0.3 is 15.0 Å². The molecule has 4 aromatic rings. The van der Waals surface area contributed by atoms with E-state index < -0.39 is 0 Å². The van der Waals surface area contributed by atoms with Crippen LogP contribution in [0.1, 0.15) is 19.8 Å². The van der Waals surface area contributed by atoms with Gasteiger partial charge in [-0.2, -0.15) is 4.98 Å². The standard InChI is InChI=1S/C22H26N8O2/c1-22(20(31)28(2)3)11-14(12-22)23-21-24-19(32-5)18-15(8-9-30(18)26-21)13-6-7-16-17(10-13)29(4)27-25-16/h6-10,14H,11-12H2,1-5H3,(H,23,26). The number of aromatic nitrogens is 6. The number of benzene rings is 1. The van der Waals surface area contributed by atoms with E-state index in [-0.39, 0.29) is 17.4 Å². The van der Waals surface area contributed by atoms with E-state index in [4.69, 9.17) is 4.74 Å². The molecule has 1 saturated carbocycles. The zero-order chi connectivity index (χ0) is 22.6. The Morgan fingerprint density at radius 1 is 1.28 bits per heavy atom. The van der Waals surface area contributed by atoms with Crippen LogP contribution in [0.15, 0.2) is 30.5 Å². The van der Waals surface area contributed by atoms with Gasteiger partial charge in [-0.15, -0.1) is 10.2 Å². The lowest BCUT2D eigenvalue weighted by Crippen LogP contribution is -2.52. The molecule has 1 amide bonds. The van der Waals surface area contributed by atoms with Crippen molar-refractivity contribution in [3.05, 3.63) is 30.5 Å². The van der Waals surface area contributed by atoms with Crippen LogP contribution in [0.4, 0.5) is 5.95 Å². The number of nitrogens with one attached hydrogen (secondary N) is 1. The van der Waals surface area contributed by atoms with Crippen molar-refractivity contribution in [1.82, 2.24) is 34.5 Å². The molecule has 1 aliphatic carbocycles. The molecular weight excluding hydrogens is 408 g/mol. The number of nitrogens with zero attached hydrogens (tertiary/aromatic N) is 7. The maximum atomic E-state index is 12.4. The highest BCUT2D eigenvalue weighted by atomic mass is 16.5. The van der Waals surface area contributed by atoms with E-state index in [9.17, 15) is 4.79 Å². The minimum absolute atomic E-state index is 0.140. The Balaban J connectivity index is 1.44. The quantitative estimate of drug-likeness (QED) is 0.514. The molecule has 1 aromatic carbocycles. The number of hydrogen-bond acceptors (Lipinski definition) is 7. The summed E-state index contributed by atoms with van der Waals surface area (Å²) in [6.07, 6.45) is 3.37. The van der Waals surface area contributed by atoms with Gasteiger partial charge in [0.2, 0.25) is 17.7 Å². The van der Waals surface area contributed by atoms with Gasteiger partial charge in [0.15, 0.2) is 0 Å². The van der Waals surface area contributed by atoms with Crippen LogP contribution in [0.3, 0.4) is 0 Å². The highest BCUT2D eigenvalue weighted by Crippen LogP contribution is 2.43. The SMILES string of the molecule is COc1nc(NC2CC(C)(C(=O)N(C)C)C2)nn2ccc(-c3ccc4nnn(C)c4c3)c12. The van der Waals surface area contributed by atoms with Crippen LogP contribution in [0.5, 0.6) is 5.88 Å². The number of methoxy groups -OCH3 is 1. The molecule has 0 aliphatic heterocycles. The number of aryl methyl sites for hydroxylation is 1. The monoisotopic (exact) mass is 434 g/mol. The number of amides is 1. The van der Waals surface area contributed by atoms with Gasteiger partial charge in [-0.3, -0.25) is 4.79 Å². The molecule has 0 unspecified atom stereocenters. The summed E-state index contributed by atoms with van der Waals surface area (Å²) in [5, 5.41) is 16.2. The van der Waals surface area contributed by atoms with E-state index >= 15 is 0 Å². The molecule has 32 heavy (non-hydrogen) atoms. The number of carbonyl (C=O) groups is 1. The fraction of sp³-hybridized carbons (Fsp3) is 0.409. The Kier molecular flexibility index (Phi) is 4.54. The van der Waals surface area contributed by atoms with E-state index in [0.717, 1.165) is 40.5 Å². The predicted octanol–water partition coefficient (Wildman–Crippen LogP) is 2.36. The first kappa shape index (κ1) is 20.2. The van der Waals surface area contributed by atoms with Crippen LogP contribution >= 0.6 is 0 Å². The summed E-state index contributed by atoms with van der Waals surface area (Å²) < 4.78 is 9.15.